The summed E-state index contributed by atoms with van der Waals surface area (Å²) in [6, 6.07) is 13.3. The summed E-state index contributed by atoms with van der Waals surface area (Å²) in [7, 11) is 0. The van der Waals surface area contributed by atoms with E-state index in [1.54, 1.807) is 0 Å². The predicted molar refractivity (Wildman–Crippen MR) is 91.4 cm³/mol. The van der Waals surface area contributed by atoms with Crippen LogP contribution in [0.4, 0.5) is 11.4 Å². The van der Waals surface area contributed by atoms with Gasteiger partial charge in [0, 0.05) is 17.0 Å². The minimum absolute atomic E-state index is 0.0333. The molecular weight excluding hydrogens is 328 g/mol. The number of hydrogen-bond acceptors (Lipinski definition) is 4. The van der Waals surface area contributed by atoms with Crippen molar-refractivity contribution in [3.8, 4) is 0 Å². The van der Waals surface area contributed by atoms with E-state index in [1.807, 2.05) is 24.3 Å². The van der Waals surface area contributed by atoms with Crippen LogP contribution in [0.1, 0.15) is 16.8 Å². The van der Waals surface area contributed by atoms with E-state index >= 15 is 0 Å². The minimum Gasteiger partial charge on any atom is -0.478 e. The zero-order chi connectivity index (χ0) is 17.1. The Balaban J connectivity index is 1.63. The number of carboxylic acids is 1. The lowest BCUT2D eigenvalue weighted by Crippen LogP contribution is -2.32. The van der Waals surface area contributed by atoms with Gasteiger partial charge in [-0.3, -0.25) is 9.59 Å². The van der Waals surface area contributed by atoms with Crippen molar-refractivity contribution < 1.29 is 19.5 Å². The molecule has 24 heavy (non-hydrogen) atoms. The van der Waals surface area contributed by atoms with E-state index in [4.69, 9.17) is 5.11 Å². The number of carboxylic acid groups (broad SMARTS) is 1. The first-order valence-electron chi connectivity index (χ1n) is 7.22. The summed E-state index contributed by atoms with van der Waals surface area (Å²) in [4.78, 5) is 36.0. The number of thioether (sulfide) groups is 1. The summed E-state index contributed by atoms with van der Waals surface area (Å²) in [5.74, 6) is -1.53. The highest BCUT2D eigenvalue weighted by molar-refractivity contribution is 8.01. The van der Waals surface area contributed by atoms with Crippen LogP contribution in [0.15, 0.2) is 53.4 Å². The van der Waals surface area contributed by atoms with Gasteiger partial charge in [0.1, 0.15) is 0 Å². The molecule has 0 fully saturated rings. The van der Waals surface area contributed by atoms with Gasteiger partial charge in [-0.2, -0.15) is 0 Å². The highest BCUT2D eigenvalue weighted by Gasteiger charge is 2.28. The molecule has 1 heterocycles. The maximum absolute atomic E-state index is 12.1. The van der Waals surface area contributed by atoms with Gasteiger partial charge in [-0.15, -0.1) is 11.8 Å². The summed E-state index contributed by atoms with van der Waals surface area (Å²) in [6.07, 6.45) is 0.0333. The Morgan fingerprint density at radius 3 is 2.54 bits per heavy atom. The van der Waals surface area contributed by atoms with Gasteiger partial charge >= 0.3 is 5.97 Å². The van der Waals surface area contributed by atoms with E-state index in [-0.39, 0.29) is 23.8 Å². The average Bonchev–Trinajstić information content (AvgIpc) is 2.56. The third-order valence-electron chi connectivity index (χ3n) is 3.49. The van der Waals surface area contributed by atoms with E-state index in [0.29, 0.717) is 5.69 Å². The van der Waals surface area contributed by atoms with Crippen LogP contribution in [-0.4, -0.2) is 28.1 Å². The van der Waals surface area contributed by atoms with Crippen molar-refractivity contribution in [1.29, 1.82) is 0 Å². The van der Waals surface area contributed by atoms with Gasteiger partial charge in [0.25, 0.3) is 0 Å². The molecule has 0 bridgehead atoms. The van der Waals surface area contributed by atoms with Crippen molar-refractivity contribution in [3.63, 3.8) is 0 Å². The smallest absolute Gasteiger partial charge is 0.335 e. The van der Waals surface area contributed by atoms with Crippen LogP contribution < -0.4 is 10.6 Å². The quantitative estimate of drug-likeness (QED) is 0.794. The molecule has 2 amide bonds. The third-order valence-corrected chi connectivity index (χ3v) is 4.77. The van der Waals surface area contributed by atoms with Gasteiger partial charge in [0.2, 0.25) is 11.8 Å². The first-order valence-corrected chi connectivity index (χ1v) is 8.10. The number of nitrogens with one attached hydrogen (secondary N) is 2. The molecule has 0 spiro atoms. The van der Waals surface area contributed by atoms with Crippen LogP contribution >= 0.6 is 11.8 Å². The van der Waals surface area contributed by atoms with Gasteiger partial charge in [-0.05, 0) is 36.4 Å². The molecule has 3 N–H and O–H groups in total. The molecule has 0 saturated heterocycles. The largest absolute Gasteiger partial charge is 0.478 e. The monoisotopic (exact) mass is 342 g/mol. The SMILES string of the molecule is O=C(CC1Sc2ccccc2NC1=O)Nc1ccc(C(=O)O)cc1. The Morgan fingerprint density at radius 1 is 1.12 bits per heavy atom. The second-order valence-corrected chi connectivity index (χ2v) is 6.47. The minimum atomic E-state index is -1.03. The predicted octanol–water partition coefficient (Wildman–Crippen LogP) is 2.83. The van der Waals surface area contributed by atoms with E-state index in [9.17, 15) is 14.4 Å². The second kappa shape index (κ2) is 6.76. The van der Waals surface area contributed by atoms with Crippen LogP contribution in [0.25, 0.3) is 0 Å². The number of aromatic carboxylic acids is 1. The van der Waals surface area contributed by atoms with Crippen LogP contribution in [-0.2, 0) is 9.59 Å². The fourth-order valence-electron chi connectivity index (χ4n) is 2.30. The van der Waals surface area contributed by atoms with Gasteiger partial charge in [-0.1, -0.05) is 12.1 Å². The molecule has 1 aliphatic heterocycles. The van der Waals surface area contributed by atoms with E-state index < -0.39 is 11.2 Å². The fourth-order valence-corrected chi connectivity index (χ4v) is 3.41. The number of carbonyl (C=O) groups excluding carboxylic acids is 2. The summed E-state index contributed by atoms with van der Waals surface area (Å²) >= 11 is 1.36. The number of para-hydroxylation sites is 1. The molecule has 1 atom stereocenters. The third kappa shape index (κ3) is 3.57. The Kier molecular flexibility index (Phi) is 4.52. The van der Waals surface area contributed by atoms with Gasteiger partial charge < -0.3 is 15.7 Å². The molecule has 1 unspecified atom stereocenters. The van der Waals surface area contributed by atoms with Crippen molar-refractivity contribution in [2.75, 3.05) is 10.6 Å². The van der Waals surface area contributed by atoms with Crippen molar-refractivity contribution in [3.05, 3.63) is 54.1 Å². The van der Waals surface area contributed by atoms with E-state index in [0.717, 1.165) is 10.6 Å². The molecule has 1 aliphatic rings. The molecule has 2 aromatic rings. The highest BCUT2D eigenvalue weighted by Crippen LogP contribution is 2.36. The Bertz CT molecular complexity index is 804. The van der Waals surface area contributed by atoms with Crippen molar-refractivity contribution in [2.45, 2.75) is 16.6 Å². The molecular formula is C17H14N2O4S. The molecule has 0 saturated carbocycles. The molecule has 3 rings (SSSR count). The standard InChI is InChI=1S/C17H14N2O4S/c20-15(18-11-7-5-10(6-8-11)17(22)23)9-14-16(21)19-12-3-1-2-4-13(12)24-14/h1-8,14H,9H2,(H,18,20)(H,19,21)(H,22,23). The fraction of sp³-hybridized carbons (Fsp3) is 0.118. The second-order valence-electron chi connectivity index (χ2n) is 5.23. The molecule has 0 radical (unpaired) electrons. The van der Waals surface area contributed by atoms with Crippen molar-refractivity contribution in [1.82, 2.24) is 0 Å². The van der Waals surface area contributed by atoms with Crippen LogP contribution in [0.3, 0.4) is 0 Å². The number of amides is 2. The molecule has 0 aliphatic carbocycles. The number of hydrogen-bond donors (Lipinski definition) is 3. The topological polar surface area (TPSA) is 95.5 Å². The number of benzene rings is 2. The zero-order valence-corrected chi connectivity index (χ0v) is 13.3. The molecule has 122 valence electrons. The number of anilines is 2. The van der Waals surface area contributed by atoms with Crippen LogP contribution in [0.2, 0.25) is 0 Å². The highest BCUT2D eigenvalue weighted by atomic mass is 32.2. The maximum Gasteiger partial charge on any atom is 0.335 e. The van der Waals surface area contributed by atoms with Gasteiger partial charge in [-0.25, -0.2) is 4.79 Å². The Labute approximate surface area is 142 Å². The summed E-state index contributed by atoms with van der Waals surface area (Å²) in [5, 5.41) is 13.8. The lowest BCUT2D eigenvalue weighted by Gasteiger charge is -2.23. The van der Waals surface area contributed by atoms with Crippen molar-refractivity contribution in [2.24, 2.45) is 0 Å². The molecule has 6 nitrogen and oxygen atoms in total. The Morgan fingerprint density at radius 2 is 1.83 bits per heavy atom. The molecule has 7 heteroatoms. The van der Waals surface area contributed by atoms with Crippen LogP contribution in [0, 0.1) is 0 Å². The molecule has 2 aromatic carbocycles. The molecule has 0 aromatic heterocycles. The summed E-state index contributed by atoms with van der Waals surface area (Å²) in [5.41, 5.74) is 1.40. The first-order chi connectivity index (χ1) is 11.5. The Hall–Kier alpha value is -2.80. The lowest BCUT2D eigenvalue weighted by atomic mass is 10.2. The maximum atomic E-state index is 12.1. The normalized spacial score (nSPS) is 16.0. The van der Waals surface area contributed by atoms with E-state index in [1.165, 1.54) is 36.0 Å². The zero-order valence-electron chi connectivity index (χ0n) is 12.5. The lowest BCUT2D eigenvalue weighted by molar-refractivity contribution is -0.120. The average molecular weight is 342 g/mol. The van der Waals surface area contributed by atoms with Gasteiger partial charge in [0.15, 0.2) is 0 Å². The number of rotatable bonds is 4. The van der Waals surface area contributed by atoms with E-state index in [2.05, 4.69) is 10.6 Å². The number of fused-ring (bicyclic) bond motifs is 1. The summed E-state index contributed by atoms with van der Waals surface area (Å²) in [6.45, 7) is 0. The van der Waals surface area contributed by atoms with Crippen molar-refractivity contribution >= 4 is 40.9 Å². The number of carbonyl (C=O) groups is 3. The van der Waals surface area contributed by atoms with Gasteiger partial charge in [0.05, 0.1) is 16.5 Å². The summed E-state index contributed by atoms with van der Waals surface area (Å²) < 4.78 is 0. The first kappa shape index (κ1) is 16.1. The van der Waals surface area contributed by atoms with Crippen LogP contribution in [0.5, 0.6) is 0 Å².